The second kappa shape index (κ2) is 19.9. The topological polar surface area (TPSA) is 137 Å². The lowest BCUT2D eigenvalue weighted by molar-refractivity contribution is -0.193. The first-order valence-corrected chi connectivity index (χ1v) is 16.0. The van der Waals surface area contributed by atoms with Crippen molar-refractivity contribution in [2.45, 2.75) is 70.8 Å². The van der Waals surface area contributed by atoms with E-state index >= 15 is 0 Å². The van der Waals surface area contributed by atoms with Gasteiger partial charge in [-0.1, -0.05) is 25.8 Å². The molecule has 0 aromatic heterocycles. The molecule has 51 heavy (non-hydrogen) atoms. The first-order chi connectivity index (χ1) is 23.9. The summed E-state index contributed by atoms with van der Waals surface area (Å²) in [5, 5.41) is 19.2. The highest BCUT2D eigenvalue weighted by molar-refractivity contribution is 6.41. The molecule has 0 aliphatic carbocycles. The van der Waals surface area contributed by atoms with E-state index in [0.717, 1.165) is 37.0 Å². The van der Waals surface area contributed by atoms with Gasteiger partial charge in [-0.3, -0.25) is 19.2 Å². The van der Waals surface area contributed by atoms with Crippen molar-refractivity contribution in [3.63, 3.8) is 0 Å². The van der Waals surface area contributed by atoms with E-state index in [-0.39, 0.29) is 30.2 Å². The van der Waals surface area contributed by atoms with Crippen molar-refractivity contribution in [3.05, 3.63) is 53.1 Å². The molecule has 1 heterocycles. The van der Waals surface area contributed by atoms with Crippen LogP contribution in [0.2, 0.25) is 0 Å². The number of phenols is 1. The number of carbonyl (C=O) groups is 4. The van der Waals surface area contributed by atoms with Gasteiger partial charge < -0.3 is 30.7 Å². The molecule has 2 amide bonds. The smallest absolute Gasteiger partial charge is 0.458 e. The Labute approximate surface area is 288 Å². The summed E-state index contributed by atoms with van der Waals surface area (Å²) in [6.45, 7) is 6.85. The Morgan fingerprint density at radius 2 is 1.53 bits per heavy atom. The predicted molar refractivity (Wildman–Crippen MR) is 169 cm³/mol. The number of phenolic OH excluding ortho intramolecular Hbond substituents is 1. The van der Waals surface area contributed by atoms with Crippen molar-refractivity contribution < 1.29 is 64.1 Å². The molecule has 0 spiro atoms. The van der Waals surface area contributed by atoms with Crippen molar-refractivity contribution in [2.75, 3.05) is 44.6 Å². The molecule has 0 bridgehead atoms. The highest BCUT2D eigenvalue weighted by atomic mass is 19.4. The fourth-order valence-electron chi connectivity index (χ4n) is 4.88. The van der Waals surface area contributed by atoms with E-state index in [1.807, 2.05) is 4.90 Å². The zero-order valence-corrected chi connectivity index (χ0v) is 27.9. The number of benzene rings is 2. The van der Waals surface area contributed by atoms with Crippen molar-refractivity contribution in [1.29, 1.82) is 0 Å². The molecule has 0 fully saturated rings. The van der Waals surface area contributed by atoms with Crippen LogP contribution in [0, 0.1) is 11.6 Å². The number of rotatable bonds is 17. The van der Waals surface area contributed by atoms with E-state index in [2.05, 4.69) is 29.8 Å². The van der Waals surface area contributed by atoms with E-state index < -0.39 is 35.6 Å². The Kier molecular flexibility index (Phi) is 16.7. The number of aromatic hydroxyl groups is 1. The standard InChI is InChI=1S/C29H40F2N4O4.C4F6O2/c1-3-4-5-20(2)35(27(38)12-15-32-14-11-22-18-23(30)7-8-24(22)31)17-16-33-13-10-21-6-9-25(36)28-29(21)39-19-26(37)34-28;5-3(6,7)1(11)2(12)4(8,9)10/h6-9,18,20,32-33,36H,3-5,10-17,19H2,1-2H3,(H,34,37);/t20-;/m1./s1. The first kappa shape index (κ1) is 42.8. The number of hydrogen-bond donors (Lipinski definition) is 4. The number of Topliss-reactive ketones (excluding diaryl/α,β-unsaturated/α-hetero) is 2. The van der Waals surface area contributed by atoms with Crippen LogP contribution in [0.3, 0.4) is 0 Å². The fraction of sp³-hybridized carbons (Fsp3) is 0.515. The predicted octanol–water partition coefficient (Wildman–Crippen LogP) is 5.01. The van der Waals surface area contributed by atoms with Crippen molar-refractivity contribution in [1.82, 2.24) is 15.5 Å². The molecule has 4 N–H and O–H groups in total. The summed E-state index contributed by atoms with van der Waals surface area (Å²) in [4.78, 5) is 45.8. The van der Waals surface area contributed by atoms with E-state index in [9.17, 15) is 59.4 Å². The molecule has 3 rings (SSSR count). The van der Waals surface area contributed by atoms with Crippen molar-refractivity contribution >= 4 is 29.1 Å². The number of nitrogens with one attached hydrogen (secondary N) is 3. The number of ketones is 2. The molecule has 0 saturated carbocycles. The lowest BCUT2D eigenvalue weighted by Gasteiger charge is -2.30. The average molecular weight is 741 g/mol. The third-order valence-corrected chi connectivity index (χ3v) is 7.57. The molecular weight excluding hydrogens is 700 g/mol. The largest absolute Gasteiger partial charge is 0.506 e. The Balaban J connectivity index is 0.000000641. The number of amides is 2. The molecule has 1 aliphatic heterocycles. The Hall–Kier alpha value is -4.32. The third-order valence-electron chi connectivity index (χ3n) is 7.57. The minimum Gasteiger partial charge on any atom is -0.506 e. The maximum atomic E-state index is 13.8. The van der Waals surface area contributed by atoms with Crippen LogP contribution in [0.4, 0.5) is 40.8 Å². The SMILES string of the molecule is CCCC[C@@H](C)N(CCNCCc1ccc(O)c2c1OCC(=O)N2)C(=O)CCNCCc1cc(F)ccc1F.O=C(C(=O)C(F)(F)F)C(F)(F)F. The van der Waals surface area contributed by atoms with Gasteiger partial charge in [-0.2, -0.15) is 26.3 Å². The lowest BCUT2D eigenvalue weighted by Crippen LogP contribution is -2.43. The summed E-state index contributed by atoms with van der Waals surface area (Å²) in [6.07, 6.45) is -7.21. The van der Waals surface area contributed by atoms with Crippen LogP contribution in [0.15, 0.2) is 30.3 Å². The van der Waals surface area contributed by atoms with Gasteiger partial charge in [-0.15, -0.1) is 0 Å². The van der Waals surface area contributed by atoms with Gasteiger partial charge in [-0.25, -0.2) is 8.78 Å². The highest BCUT2D eigenvalue weighted by Crippen LogP contribution is 2.39. The maximum absolute atomic E-state index is 13.8. The second-order valence-electron chi connectivity index (χ2n) is 11.5. The number of ether oxygens (including phenoxy) is 1. The fourth-order valence-corrected chi connectivity index (χ4v) is 4.88. The van der Waals surface area contributed by atoms with Crippen molar-refractivity contribution in [2.24, 2.45) is 0 Å². The molecule has 10 nitrogen and oxygen atoms in total. The summed E-state index contributed by atoms with van der Waals surface area (Å²) < 4.78 is 99.6. The van der Waals surface area contributed by atoms with Gasteiger partial charge >= 0.3 is 23.9 Å². The van der Waals surface area contributed by atoms with Gasteiger partial charge in [0.2, 0.25) is 5.91 Å². The molecule has 284 valence electrons. The second-order valence-corrected chi connectivity index (χ2v) is 11.5. The van der Waals surface area contributed by atoms with Crippen LogP contribution in [-0.2, 0) is 32.0 Å². The quantitative estimate of drug-likeness (QED) is 0.0770. The van der Waals surface area contributed by atoms with E-state index in [0.29, 0.717) is 69.0 Å². The minimum atomic E-state index is -5.77. The monoisotopic (exact) mass is 740 g/mol. The van der Waals surface area contributed by atoms with Gasteiger partial charge in [-0.05, 0) is 74.7 Å². The zero-order valence-electron chi connectivity index (χ0n) is 27.9. The molecule has 0 radical (unpaired) electrons. The highest BCUT2D eigenvalue weighted by Gasteiger charge is 2.54. The number of nitrogens with zero attached hydrogens (tertiary/aromatic N) is 1. The molecule has 2 aromatic carbocycles. The number of unbranched alkanes of at least 4 members (excludes halogenated alkanes) is 1. The van der Waals surface area contributed by atoms with Crippen molar-refractivity contribution in [3.8, 4) is 11.5 Å². The number of anilines is 1. The van der Waals surface area contributed by atoms with Crippen LogP contribution >= 0.6 is 0 Å². The van der Waals surface area contributed by atoms with Crippen LogP contribution < -0.4 is 20.7 Å². The van der Waals surface area contributed by atoms with Gasteiger partial charge in [0.1, 0.15) is 23.1 Å². The Bertz CT molecular complexity index is 1480. The number of carbonyl (C=O) groups excluding carboxylic acids is 4. The molecule has 0 saturated heterocycles. The average Bonchev–Trinajstić information content (AvgIpc) is 3.06. The lowest BCUT2D eigenvalue weighted by atomic mass is 10.1. The number of fused-ring (bicyclic) bond motifs is 1. The summed E-state index contributed by atoms with van der Waals surface area (Å²) in [5.74, 6) is -7.48. The summed E-state index contributed by atoms with van der Waals surface area (Å²) in [5.41, 5.74) is 1.50. The maximum Gasteiger partial charge on any atom is 0.458 e. The normalized spacial score (nSPS) is 13.3. The molecule has 2 aromatic rings. The molecule has 0 unspecified atom stereocenters. The number of alkyl halides is 6. The van der Waals surface area contributed by atoms with E-state index in [1.54, 1.807) is 12.1 Å². The van der Waals surface area contributed by atoms with E-state index in [4.69, 9.17) is 4.74 Å². The Morgan fingerprint density at radius 1 is 0.922 bits per heavy atom. The molecule has 1 atom stereocenters. The minimum absolute atomic E-state index is 0.0272. The van der Waals surface area contributed by atoms with Crippen LogP contribution in [-0.4, -0.2) is 91.1 Å². The van der Waals surface area contributed by atoms with Crippen LogP contribution in [0.5, 0.6) is 11.5 Å². The van der Waals surface area contributed by atoms with Crippen LogP contribution in [0.1, 0.15) is 50.7 Å². The van der Waals surface area contributed by atoms with Gasteiger partial charge in [0.15, 0.2) is 12.4 Å². The van der Waals surface area contributed by atoms with Gasteiger partial charge in [0, 0.05) is 32.1 Å². The zero-order chi connectivity index (χ0) is 38.4. The number of halogens is 8. The first-order valence-electron chi connectivity index (χ1n) is 16.0. The Morgan fingerprint density at radius 3 is 2.14 bits per heavy atom. The van der Waals surface area contributed by atoms with Gasteiger partial charge in [0.05, 0.1) is 0 Å². The summed E-state index contributed by atoms with van der Waals surface area (Å²) in [6, 6.07) is 6.87. The molecule has 1 aliphatic rings. The summed E-state index contributed by atoms with van der Waals surface area (Å²) in [7, 11) is 0. The molecule has 18 heteroatoms. The third kappa shape index (κ3) is 14.1. The number of hydrogen-bond acceptors (Lipinski definition) is 8. The summed E-state index contributed by atoms with van der Waals surface area (Å²) >= 11 is 0. The van der Waals surface area contributed by atoms with Gasteiger partial charge in [0.25, 0.3) is 5.91 Å². The molecular formula is C33H40F8N4O6. The van der Waals surface area contributed by atoms with Crippen LogP contribution in [0.25, 0.3) is 0 Å². The van der Waals surface area contributed by atoms with E-state index in [1.165, 1.54) is 6.07 Å².